The van der Waals surface area contributed by atoms with E-state index in [9.17, 15) is 15.0 Å². The molecule has 0 aliphatic heterocycles. The van der Waals surface area contributed by atoms with Gasteiger partial charge in [0.25, 0.3) is 0 Å². The Morgan fingerprint density at radius 3 is 2.67 bits per heavy atom. The molecule has 168 valence electrons. The molecule has 1 aromatic carbocycles. The lowest BCUT2D eigenvalue weighted by molar-refractivity contribution is -0.168. The number of carbonyl (C=O) groups is 1. The Hall–Kier alpha value is -1.75. The van der Waals surface area contributed by atoms with E-state index < -0.39 is 11.7 Å². The highest BCUT2D eigenvalue weighted by Crippen LogP contribution is 2.41. The molecule has 0 unspecified atom stereocenters. The van der Waals surface area contributed by atoms with Crippen LogP contribution in [0.5, 0.6) is 11.5 Å². The molecule has 0 bridgehead atoms. The fraction of sp³-hybridized carbons (Fsp3) is 0.720. The van der Waals surface area contributed by atoms with Crippen molar-refractivity contribution in [1.29, 1.82) is 0 Å². The second-order valence-corrected chi connectivity index (χ2v) is 9.32. The summed E-state index contributed by atoms with van der Waals surface area (Å²) in [4.78, 5) is 11.8. The van der Waals surface area contributed by atoms with Gasteiger partial charge in [-0.3, -0.25) is 4.79 Å². The van der Waals surface area contributed by atoms with Crippen molar-refractivity contribution in [2.45, 2.75) is 109 Å². The fourth-order valence-corrected chi connectivity index (χ4v) is 5.14. The number of aliphatic hydroxyl groups excluding tert-OH is 1. The molecule has 30 heavy (non-hydrogen) atoms. The van der Waals surface area contributed by atoms with Gasteiger partial charge in [-0.2, -0.15) is 0 Å². The van der Waals surface area contributed by atoms with Crippen LogP contribution in [0.15, 0.2) is 18.2 Å². The van der Waals surface area contributed by atoms with E-state index in [1.807, 2.05) is 12.1 Å². The van der Waals surface area contributed by atoms with Gasteiger partial charge in [-0.1, -0.05) is 25.8 Å². The van der Waals surface area contributed by atoms with Crippen LogP contribution in [-0.2, 0) is 16.0 Å². The molecular formula is C25H38O5. The molecule has 0 spiro atoms. The van der Waals surface area contributed by atoms with Crippen LogP contribution in [-0.4, -0.2) is 34.0 Å². The van der Waals surface area contributed by atoms with E-state index in [2.05, 4.69) is 6.92 Å². The lowest BCUT2D eigenvalue weighted by Crippen LogP contribution is -2.45. The van der Waals surface area contributed by atoms with Gasteiger partial charge < -0.3 is 19.7 Å². The van der Waals surface area contributed by atoms with Gasteiger partial charge in [0.15, 0.2) is 11.5 Å². The summed E-state index contributed by atoms with van der Waals surface area (Å²) in [5, 5.41) is 20.9. The minimum absolute atomic E-state index is 0.173. The van der Waals surface area contributed by atoms with Crippen molar-refractivity contribution in [1.82, 2.24) is 0 Å². The first kappa shape index (κ1) is 22.9. The number of unbranched alkanes of at least 4 members (excludes halogenated alkanes) is 1. The third-order valence-electron chi connectivity index (χ3n) is 6.87. The standard InChI is InChI=1S/C25H38O5/c1-3-4-7-20-13-15-25(17-23(20)28,30-18(2)26)14-12-19-10-11-22(27)24(16-19)29-21-8-5-6-9-21/h10-11,16,20-21,23,27-28H,3-9,12-15,17H2,1-2H3/t20-,23+,25-/m0/s1. The van der Waals surface area contributed by atoms with E-state index >= 15 is 0 Å². The number of phenols is 1. The number of hydrogen-bond acceptors (Lipinski definition) is 5. The van der Waals surface area contributed by atoms with Crippen LogP contribution in [0.3, 0.4) is 0 Å². The number of phenolic OH excluding ortho intramolecular Hbond substituents is 1. The minimum atomic E-state index is -0.613. The number of hydrogen-bond donors (Lipinski definition) is 2. The topological polar surface area (TPSA) is 76.0 Å². The average molecular weight is 419 g/mol. The van der Waals surface area contributed by atoms with Crippen molar-refractivity contribution in [3.8, 4) is 11.5 Å². The van der Waals surface area contributed by atoms with Crippen LogP contribution in [0.4, 0.5) is 0 Å². The maximum absolute atomic E-state index is 11.8. The van der Waals surface area contributed by atoms with Gasteiger partial charge in [0.2, 0.25) is 0 Å². The van der Waals surface area contributed by atoms with Gasteiger partial charge in [0, 0.05) is 13.3 Å². The van der Waals surface area contributed by atoms with Crippen LogP contribution in [0.1, 0.15) is 90.0 Å². The number of benzene rings is 1. The Balaban J connectivity index is 1.65. The zero-order chi connectivity index (χ0) is 21.6. The smallest absolute Gasteiger partial charge is 0.303 e. The van der Waals surface area contributed by atoms with Crippen molar-refractivity contribution < 1.29 is 24.5 Å². The van der Waals surface area contributed by atoms with Gasteiger partial charge in [0.1, 0.15) is 5.60 Å². The summed E-state index contributed by atoms with van der Waals surface area (Å²) < 4.78 is 11.8. The molecule has 5 nitrogen and oxygen atoms in total. The third kappa shape index (κ3) is 6.13. The molecule has 5 heteroatoms. The first-order valence-electron chi connectivity index (χ1n) is 11.8. The normalized spacial score (nSPS) is 27.2. The molecule has 3 rings (SSSR count). The van der Waals surface area contributed by atoms with Crippen LogP contribution in [0, 0.1) is 5.92 Å². The minimum Gasteiger partial charge on any atom is -0.504 e. The maximum atomic E-state index is 11.8. The lowest BCUT2D eigenvalue weighted by Gasteiger charge is -2.42. The highest BCUT2D eigenvalue weighted by molar-refractivity contribution is 5.66. The van der Waals surface area contributed by atoms with E-state index in [4.69, 9.17) is 9.47 Å². The number of aliphatic hydroxyl groups is 1. The molecule has 0 heterocycles. The highest BCUT2D eigenvalue weighted by atomic mass is 16.6. The predicted octanol–water partition coefficient (Wildman–Crippen LogP) is 5.30. The van der Waals surface area contributed by atoms with Crippen LogP contribution in [0.2, 0.25) is 0 Å². The van der Waals surface area contributed by atoms with Crippen LogP contribution in [0.25, 0.3) is 0 Å². The van der Waals surface area contributed by atoms with Crippen molar-refractivity contribution in [3.05, 3.63) is 23.8 Å². The largest absolute Gasteiger partial charge is 0.504 e. The Labute approximate surface area is 180 Å². The van der Waals surface area contributed by atoms with Crippen molar-refractivity contribution in [2.24, 2.45) is 5.92 Å². The maximum Gasteiger partial charge on any atom is 0.303 e. The van der Waals surface area contributed by atoms with E-state index in [1.54, 1.807) is 6.07 Å². The number of ether oxygens (including phenoxy) is 2. The number of aromatic hydroxyl groups is 1. The molecule has 2 aliphatic carbocycles. The van der Waals surface area contributed by atoms with Crippen molar-refractivity contribution in [2.75, 3.05) is 0 Å². The fourth-order valence-electron chi connectivity index (χ4n) is 5.14. The van der Waals surface area contributed by atoms with E-state index in [0.29, 0.717) is 30.9 Å². The lowest BCUT2D eigenvalue weighted by atomic mass is 9.72. The van der Waals surface area contributed by atoms with E-state index in [0.717, 1.165) is 50.5 Å². The second kappa shape index (κ2) is 10.5. The Morgan fingerprint density at radius 1 is 1.23 bits per heavy atom. The molecule has 1 aromatic rings. The van der Waals surface area contributed by atoms with E-state index in [-0.39, 0.29) is 17.8 Å². The quantitative estimate of drug-likeness (QED) is 0.532. The predicted molar refractivity (Wildman–Crippen MR) is 117 cm³/mol. The summed E-state index contributed by atoms with van der Waals surface area (Å²) in [6, 6.07) is 5.51. The molecule has 0 amide bonds. The SMILES string of the molecule is CCCC[C@H]1CC[C@](CCc2ccc(O)c(OC3CCCC3)c2)(OC(C)=O)C[C@H]1O. The number of aryl methyl sites for hydroxylation is 1. The van der Waals surface area contributed by atoms with Gasteiger partial charge in [-0.05, 0) is 81.4 Å². The van der Waals surface area contributed by atoms with E-state index in [1.165, 1.54) is 19.8 Å². The number of carbonyl (C=O) groups excluding carboxylic acids is 1. The molecule has 0 saturated heterocycles. The molecule has 0 radical (unpaired) electrons. The third-order valence-corrected chi connectivity index (χ3v) is 6.87. The highest BCUT2D eigenvalue weighted by Gasteiger charge is 2.42. The zero-order valence-corrected chi connectivity index (χ0v) is 18.6. The average Bonchev–Trinajstić information content (AvgIpc) is 3.21. The monoisotopic (exact) mass is 418 g/mol. The zero-order valence-electron chi connectivity index (χ0n) is 18.6. The molecule has 0 aromatic heterocycles. The second-order valence-electron chi connectivity index (χ2n) is 9.32. The summed E-state index contributed by atoms with van der Waals surface area (Å²) in [5.74, 6) is 0.732. The van der Waals surface area contributed by atoms with Crippen LogP contribution < -0.4 is 4.74 Å². The van der Waals surface area contributed by atoms with Gasteiger partial charge >= 0.3 is 5.97 Å². The van der Waals surface area contributed by atoms with Crippen molar-refractivity contribution in [3.63, 3.8) is 0 Å². The molecule has 2 fully saturated rings. The first-order chi connectivity index (χ1) is 14.4. The summed E-state index contributed by atoms with van der Waals surface area (Å²) in [6.07, 6.45) is 11.0. The summed E-state index contributed by atoms with van der Waals surface area (Å²) in [6.45, 7) is 3.62. The molecule has 2 saturated carbocycles. The van der Waals surface area contributed by atoms with Crippen molar-refractivity contribution >= 4 is 5.97 Å². The Kier molecular flexibility index (Phi) is 8.04. The molecule has 2 N–H and O–H groups in total. The Morgan fingerprint density at radius 2 is 2.00 bits per heavy atom. The molecular weight excluding hydrogens is 380 g/mol. The summed E-state index contributed by atoms with van der Waals surface area (Å²) in [7, 11) is 0. The van der Waals surface area contributed by atoms with Gasteiger partial charge in [-0.25, -0.2) is 0 Å². The summed E-state index contributed by atoms with van der Waals surface area (Å²) in [5.41, 5.74) is 0.438. The first-order valence-corrected chi connectivity index (χ1v) is 11.8. The Bertz CT molecular complexity index is 697. The molecule has 3 atom stereocenters. The van der Waals surface area contributed by atoms with Gasteiger partial charge in [-0.15, -0.1) is 0 Å². The van der Waals surface area contributed by atoms with Gasteiger partial charge in [0.05, 0.1) is 12.2 Å². The number of esters is 1. The van der Waals surface area contributed by atoms with Crippen LogP contribution >= 0.6 is 0 Å². The summed E-state index contributed by atoms with van der Waals surface area (Å²) >= 11 is 0. The molecule has 2 aliphatic rings. The number of rotatable bonds is 9.